The lowest BCUT2D eigenvalue weighted by molar-refractivity contribution is -0.0991. The van der Waals surface area contributed by atoms with Crippen LogP contribution in [0.5, 0.6) is 0 Å². The summed E-state index contributed by atoms with van der Waals surface area (Å²) in [4.78, 5) is 1.29. The standard InChI is InChI=1S/C13H20O2S/c14-12(7-6-11-5-4-10-16-11)13(15)8-2-1-3-9-13/h4-5,10,12,14-15H,1-3,6-9H2. The Labute approximate surface area is 101 Å². The van der Waals surface area contributed by atoms with Gasteiger partial charge in [-0.2, -0.15) is 0 Å². The fraction of sp³-hybridized carbons (Fsp3) is 0.692. The molecule has 1 heterocycles. The van der Waals surface area contributed by atoms with Gasteiger partial charge in [0.15, 0.2) is 0 Å². The molecular weight excluding hydrogens is 220 g/mol. The average molecular weight is 240 g/mol. The van der Waals surface area contributed by atoms with Gasteiger partial charge in [-0.1, -0.05) is 25.3 Å². The second-order valence-corrected chi connectivity index (χ2v) is 5.83. The maximum Gasteiger partial charge on any atom is 0.0905 e. The second-order valence-electron chi connectivity index (χ2n) is 4.80. The third-order valence-corrected chi connectivity index (χ3v) is 4.52. The van der Waals surface area contributed by atoms with E-state index in [0.29, 0.717) is 6.42 Å². The lowest BCUT2D eigenvalue weighted by Gasteiger charge is -2.36. The third kappa shape index (κ3) is 2.84. The van der Waals surface area contributed by atoms with Gasteiger partial charge in [0.25, 0.3) is 0 Å². The highest BCUT2D eigenvalue weighted by Crippen LogP contribution is 2.32. The number of thiophene rings is 1. The molecule has 2 rings (SSSR count). The van der Waals surface area contributed by atoms with Gasteiger partial charge in [-0.05, 0) is 37.1 Å². The fourth-order valence-corrected chi connectivity index (χ4v) is 3.22. The number of rotatable bonds is 4. The third-order valence-electron chi connectivity index (χ3n) is 3.58. The molecular formula is C13H20O2S. The summed E-state index contributed by atoms with van der Waals surface area (Å²) in [6.45, 7) is 0. The van der Waals surface area contributed by atoms with Crippen LogP contribution in [-0.2, 0) is 6.42 Å². The zero-order chi connectivity index (χ0) is 11.4. The van der Waals surface area contributed by atoms with Crippen LogP contribution in [0.25, 0.3) is 0 Å². The van der Waals surface area contributed by atoms with Gasteiger partial charge in [0.1, 0.15) is 0 Å². The molecule has 0 amide bonds. The van der Waals surface area contributed by atoms with Crippen molar-refractivity contribution >= 4 is 11.3 Å². The van der Waals surface area contributed by atoms with Crippen LogP contribution in [0.1, 0.15) is 43.4 Å². The van der Waals surface area contributed by atoms with Crippen molar-refractivity contribution in [2.45, 2.75) is 56.7 Å². The fourth-order valence-electron chi connectivity index (χ4n) is 2.50. The van der Waals surface area contributed by atoms with E-state index in [1.165, 1.54) is 11.3 Å². The normalized spacial score (nSPS) is 21.9. The lowest BCUT2D eigenvalue weighted by Crippen LogP contribution is -2.44. The largest absolute Gasteiger partial charge is 0.390 e. The Bertz CT molecular complexity index is 302. The molecule has 1 aliphatic rings. The minimum absolute atomic E-state index is 0.560. The Morgan fingerprint density at radius 1 is 1.31 bits per heavy atom. The first-order valence-corrected chi connectivity index (χ1v) is 7.01. The quantitative estimate of drug-likeness (QED) is 0.849. The molecule has 1 aromatic rings. The number of aliphatic hydroxyl groups is 2. The Hall–Kier alpha value is -0.380. The molecule has 90 valence electrons. The second kappa shape index (κ2) is 5.30. The Morgan fingerprint density at radius 2 is 2.06 bits per heavy atom. The number of hydrogen-bond donors (Lipinski definition) is 2. The van der Waals surface area contributed by atoms with Gasteiger partial charge in [0, 0.05) is 4.88 Å². The van der Waals surface area contributed by atoms with E-state index >= 15 is 0 Å². The summed E-state index contributed by atoms with van der Waals surface area (Å²) in [6, 6.07) is 4.12. The molecule has 1 atom stereocenters. The van der Waals surface area contributed by atoms with Gasteiger partial charge in [0.2, 0.25) is 0 Å². The molecule has 1 saturated carbocycles. The molecule has 0 spiro atoms. The topological polar surface area (TPSA) is 40.5 Å². The van der Waals surface area contributed by atoms with Crippen LogP contribution in [0.2, 0.25) is 0 Å². The van der Waals surface area contributed by atoms with Crippen molar-refractivity contribution in [1.82, 2.24) is 0 Å². The Kier molecular flexibility index (Phi) is 4.00. The van der Waals surface area contributed by atoms with Crippen molar-refractivity contribution in [3.05, 3.63) is 22.4 Å². The van der Waals surface area contributed by atoms with E-state index in [-0.39, 0.29) is 0 Å². The van der Waals surface area contributed by atoms with Crippen LogP contribution < -0.4 is 0 Å². The van der Waals surface area contributed by atoms with Crippen LogP contribution >= 0.6 is 11.3 Å². The predicted molar refractivity (Wildman–Crippen MR) is 66.7 cm³/mol. The van der Waals surface area contributed by atoms with Crippen molar-refractivity contribution < 1.29 is 10.2 Å². The molecule has 0 aromatic carbocycles. The molecule has 0 saturated heterocycles. The van der Waals surface area contributed by atoms with Gasteiger partial charge < -0.3 is 10.2 Å². The first-order chi connectivity index (χ1) is 7.71. The van der Waals surface area contributed by atoms with Crippen molar-refractivity contribution in [1.29, 1.82) is 0 Å². The summed E-state index contributed by atoms with van der Waals surface area (Å²) in [5.74, 6) is 0. The van der Waals surface area contributed by atoms with Gasteiger partial charge in [0.05, 0.1) is 11.7 Å². The van der Waals surface area contributed by atoms with E-state index < -0.39 is 11.7 Å². The molecule has 1 aliphatic carbocycles. The summed E-state index contributed by atoms with van der Waals surface area (Å²) in [5.41, 5.74) is -0.810. The SMILES string of the molecule is OC(CCc1cccs1)C1(O)CCCCC1. The van der Waals surface area contributed by atoms with E-state index in [9.17, 15) is 10.2 Å². The van der Waals surface area contributed by atoms with Crippen molar-refractivity contribution in [3.63, 3.8) is 0 Å². The first-order valence-electron chi connectivity index (χ1n) is 6.13. The summed E-state index contributed by atoms with van der Waals surface area (Å²) >= 11 is 1.72. The Morgan fingerprint density at radius 3 is 2.69 bits per heavy atom. The highest BCUT2D eigenvalue weighted by Gasteiger charge is 2.36. The molecule has 1 fully saturated rings. The van der Waals surface area contributed by atoms with Gasteiger partial charge in [-0.25, -0.2) is 0 Å². The maximum atomic E-state index is 10.3. The number of aryl methyl sites for hydroxylation is 1. The van der Waals surface area contributed by atoms with Crippen LogP contribution in [-0.4, -0.2) is 21.9 Å². The van der Waals surface area contributed by atoms with Crippen LogP contribution in [0.3, 0.4) is 0 Å². The summed E-state index contributed by atoms with van der Waals surface area (Å²) in [6.07, 6.45) is 5.81. The highest BCUT2D eigenvalue weighted by molar-refractivity contribution is 7.09. The van der Waals surface area contributed by atoms with Crippen LogP contribution in [0, 0.1) is 0 Å². The summed E-state index contributed by atoms with van der Waals surface area (Å²) < 4.78 is 0. The summed E-state index contributed by atoms with van der Waals surface area (Å²) in [5, 5.41) is 22.5. The molecule has 2 nitrogen and oxygen atoms in total. The Balaban J connectivity index is 1.84. The first kappa shape index (κ1) is 12.1. The van der Waals surface area contributed by atoms with Crippen molar-refractivity contribution in [3.8, 4) is 0 Å². The highest BCUT2D eigenvalue weighted by atomic mass is 32.1. The predicted octanol–water partition coefficient (Wildman–Crippen LogP) is 2.74. The zero-order valence-corrected chi connectivity index (χ0v) is 10.4. The summed E-state index contributed by atoms with van der Waals surface area (Å²) in [7, 11) is 0. The van der Waals surface area contributed by atoms with Crippen molar-refractivity contribution in [2.24, 2.45) is 0 Å². The van der Waals surface area contributed by atoms with E-state index in [1.807, 2.05) is 6.07 Å². The van der Waals surface area contributed by atoms with Gasteiger partial charge in [-0.15, -0.1) is 11.3 Å². The van der Waals surface area contributed by atoms with Crippen LogP contribution in [0.15, 0.2) is 17.5 Å². The minimum Gasteiger partial charge on any atom is -0.390 e. The molecule has 16 heavy (non-hydrogen) atoms. The zero-order valence-electron chi connectivity index (χ0n) is 9.56. The van der Waals surface area contributed by atoms with Gasteiger partial charge >= 0.3 is 0 Å². The van der Waals surface area contributed by atoms with E-state index in [2.05, 4.69) is 11.4 Å². The van der Waals surface area contributed by atoms with Crippen molar-refractivity contribution in [2.75, 3.05) is 0 Å². The average Bonchev–Trinajstić information content (AvgIpc) is 2.79. The molecule has 1 unspecified atom stereocenters. The molecule has 0 radical (unpaired) electrons. The maximum absolute atomic E-state index is 10.3. The molecule has 3 heteroatoms. The monoisotopic (exact) mass is 240 g/mol. The van der Waals surface area contributed by atoms with Gasteiger partial charge in [-0.3, -0.25) is 0 Å². The van der Waals surface area contributed by atoms with Crippen LogP contribution in [0.4, 0.5) is 0 Å². The van der Waals surface area contributed by atoms with E-state index in [4.69, 9.17) is 0 Å². The van der Waals surface area contributed by atoms with E-state index in [1.54, 1.807) is 11.3 Å². The molecule has 0 aliphatic heterocycles. The smallest absolute Gasteiger partial charge is 0.0905 e. The number of hydrogen-bond acceptors (Lipinski definition) is 3. The number of aliphatic hydroxyl groups excluding tert-OH is 1. The molecule has 0 bridgehead atoms. The lowest BCUT2D eigenvalue weighted by atomic mass is 9.79. The molecule has 1 aromatic heterocycles. The minimum atomic E-state index is -0.810. The molecule has 2 N–H and O–H groups in total. The van der Waals surface area contributed by atoms with E-state index in [0.717, 1.165) is 32.1 Å².